The van der Waals surface area contributed by atoms with Crippen LogP contribution in [0.2, 0.25) is 0 Å². The van der Waals surface area contributed by atoms with Gasteiger partial charge in [-0.1, -0.05) is 43.2 Å². The number of aromatic nitrogens is 4. The zero-order valence-electron chi connectivity index (χ0n) is 25.1. The van der Waals surface area contributed by atoms with Gasteiger partial charge in [0, 0.05) is 31.0 Å². The Bertz CT molecular complexity index is 1560. The molecule has 0 amide bonds. The van der Waals surface area contributed by atoms with E-state index in [0.717, 1.165) is 56.1 Å². The smallest absolute Gasteiger partial charge is 0.272 e. The van der Waals surface area contributed by atoms with E-state index in [2.05, 4.69) is 20.0 Å². The van der Waals surface area contributed by atoms with Gasteiger partial charge in [-0.2, -0.15) is 0 Å². The summed E-state index contributed by atoms with van der Waals surface area (Å²) in [4.78, 5) is 29.1. The Morgan fingerprint density at radius 2 is 1.23 bits per heavy atom. The number of likely N-dealkylation sites (tertiary alicyclic amines) is 2. The van der Waals surface area contributed by atoms with Gasteiger partial charge in [0.1, 0.15) is 11.5 Å². The van der Waals surface area contributed by atoms with Crippen LogP contribution < -0.4 is 15.9 Å². The fraction of sp³-hybridized carbons (Fsp3) is 0.455. The number of para-hydroxylation sites is 1. The van der Waals surface area contributed by atoms with Crippen molar-refractivity contribution in [1.82, 2.24) is 29.4 Å². The molecule has 0 radical (unpaired) electrons. The predicted octanol–water partition coefficient (Wildman–Crippen LogP) is 4.37. The summed E-state index contributed by atoms with van der Waals surface area (Å²) in [5.74, 6) is 0.898. The van der Waals surface area contributed by atoms with E-state index in [4.69, 9.17) is 4.74 Å². The van der Waals surface area contributed by atoms with E-state index in [-0.39, 0.29) is 16.9 Å². The minimum Gasteiger partial charge on any atom is -0.508 e. The van der Waals surface area contributed by atoms with E-state index >= 15 is 0 Å². The summed E-state index contributed by atoms with van der Waals surface area (Å²) in [7, 11) is 1.63. The van der Waals surface area contributed by atoms with Gasteiger partial charge in [-0.05, 0) is 75.6 Å². The third-order valence-corrected chi connectivity index (χ3v) is 8.32. The molecule has 3 N–H and O–H groups in total. The molecule has 2 fully saturated rings. The molecule has 2 aromatic carbocycles. The monoisotopic (exact) mass is 588 g/mol. The zero-order chi connectivity index (χ0) is 30.0. The number of piperidine rings is 2. The molecule has 0 spiro atoms. The molecule has 6 rings (SSSR count). The van der Waals surface area contributed by atoms with Crippen molar-refractivity contribution in [3.63, 3.8) is 0 Å². The number of hydrogen-bond acceptors (Lipinski definition) is 6. The third-order valence-electron chi connectivity index (χ3n) is 8.32. The lowest BCUT2D eigenvalue weighted by Crippen LogP contribution is -2.32. The van der Waals surface area contributed by atoms with Crippen LogP contribution in [0.25, 0.3) is 22.3 Å². The van der Waals surface area contributed by atoms with Gasteiger partial charge in [0.05, 0.1) is 31.3 Å². The standard InChI is InChI=1S/C17H23N3O2.C16H21N3O2/c1-22-16-8-4-3-7-14(16)15-13-20(18-17(15)21)12-11-19-9-5-2-6-10-19;20-14-6-4-5-13(11-14)15-12-19(17-16(15)21)10-9-18-7-2-1-3-8-18/h3-4,7-8,13H,2,5-6,9-12H2,1H3,(H,18,21);4-6,11-12,20H,1-3,7-10H2,(H,17,21). The SMILES string of the molecule is COc1ccccc1-c1cn(CCN2CCCCC2)[nH]c1=O.O=c1[nH]n(CCN2CCCCC2)cc1-c1cccc(O)c1. The second kappa shape index (κ2) is 14.9. The Labute approximate surface area is 252 Å². The van der Waals surface area contributed by atoms with Crippen molar-refractivity contribution in [2.24, 2.45) is 0 Å². The highest BCUT2D eigenvalue weighted by Gasteiger charge is 2.14. The molecule has 2 aliphatic rings. The van der Waals surface area contributed by atoms with Crippen molar-refractivity contribution in [3.8, 4) is 33.8 Å². The van der Waals surface area contributed by atoms with Crippen molar-refractivity contribution in [2.45, 2.75) is 51.6 Å². The number of aromatic hydroxyl groups is 1. The molecule has 4 aromatic rings. The number of nitrogens with zero attached hydrogens (tertiary/aromatic N) is 4. The second-order valence-corrected chi connectivity index (χ2v) is 11.4. The molecular formula is C33H44N6O4. The normalized spacial score (nSPS) is 16.0. The molecule has 4 heterocycles. The molecule has 0 atom stereocenters. The number of hydrogen-bond donors (Lipinski definition) is 3. The van der Waals surface area contributed by atoms with Crippen molar-refractivity contribution in [3.05, 3.63) is 81.6 Å². The first-order chi connectivity index (χ1) is 21.0. The maximum Gasteiger partial charge on any atom is 0.272 e. The van der Waals surface area contributed by atoms with Crippen molar-refractivity contribution < 1.29 is 9.84 Å². The Hall–Kier alpha value is -4.02. The number of benzene rings is 2. The van der Waals surface area contributed by atoms with Crippen LogP contribution in [0.3, 0.4) is 0 Å². The van der Waals surface area contributed by atoms with Crippen LogP contribution in [-0.2, 0) is 13.1 Å². The average Bonchev–Trinajstić information content (AvgIpc) is 3.61. The number of nitrogens with one attached hydrogen (secondary N) is 2. The van der Waals surface area contributed by atoms with Crippen LogP contribution in [0, 0.1) is 0 Å². The first kappa shape index (κ1) is 30.4. The molecule has 2 aromatic heterocycles. The average molecular weight is 589 g/mol. The van der Waals surface area contributed by atoms with Gasteiger partial charge in [0.2, 0.25) is 0 Å². The van der Waals surface area contributed by atoms with Gasteiger partial charge in [-0.15, -0.1) is 0 Å². The minimum atomic E-state index is -0.112. The topological polar surface area (TPSA) is 112 Å². The van der Waals surface area contributed by atoms with Crippen LogP contribution in [0.1, 0.15) is 38.5 Å². The summed E-state index contributed by atoms with van der Waals surface area (Å²) < 4.78 is 9.08. The largest absolute Gasteiger partial charge is 0.508 e. The molecule has 0 saturated carbocycles. The third kappa shape index (κ3) is 8.30. The Morgan fingerprint density at radius 3 is 1.81 bits per heavy atom. The van der Waals surface area contributed by atoms with Crippen LogP contribution in [0.4, 0.5) is 0 Å². The summed E-state index contributed by atoms with van der Waals surface area (Å²) in [5, 5.41) is 15.3. The molecule has 2 aliphatic heterocycles. The van der Waals surface area contributed by atoms with E-state index in [9.17, 15) is 14.7 Å². The van der Waals surface area contributed by atoms with Crippen LogP contribution >= 0.6 is 0 Å². The molecular weight excluding hydrogens is 544 g/mol. The number of phenolic OH excluding ortho intramolecular Hbond substituents is 1. The lowest BCUT2D eigenvalue weighted by Gasteiger charge is -2.26. The van der Waals surface area contributed by atoms with E-state index in [1.54, 1.807) is 25.3 Å². The summed E-state index contributed by atoms with van der Waals surface area (Å²) in [6.07, 6.45) is 11.5. The molecule has 0 unspecified atom stereocenters. The van der Waals surface area contributed by atoms with Gasteiger partial charge in [-0.3, -0.25) is 29.2 Å². The van der Waals surface area contributed by atoms with E-state index < -0.39 is 0 Å². The highest BCUT2D eigenvalue weighted by molar-refractivity contribution is 5.69. The fourth-order valence-electron chi connectivity index (χ4n) is 5.92. The Kier molecular flexibility index (Phi) is 10.6. The summed E-state index contributed by atoms with van der Waals surface area (Å²) >= 11 is 0. The number of phenols is 1. The first-order valence-corrected chi connectivity index (χ1v) is 15.5. The van der Waals surface area contributed by atoms with E-state index in [0.29, 0.717) is 11.1 Å². The number of methoxy groups -OCH3 is 1. The lowest BCUT2D eigenvalue weighted by molar-refractivity contribution is 0.218. The summed E-state index contributed by atoms with van der Waals surface area (Å²) in [6.45, 7) is 8.20. The van der Waals surface area contributed by atoms with Crippen LogP contribution in [0.15, 0.2) is 70.5 Å². The molecule has 230 valence electrons. The molecule has 10 heteroatoms. The van der Waals surface area contributed by atoms with Gasteiger partial charge in [0.25, 0.3) is 11.1 Å². The minimum absolute atomic E-state index is 0.0665. The fourth-order valence-corrected chi connectivity index (χ4v) is 5.92. The number of rotatable bonds is 9. The molecule has 43 heavy (non-hydrogen) atoms. The van der Waals surface area contributed by atoms with Gasteiger partial charge >= 0.3 is 0 Å². The second-order valence-electron chi connectivity index (χ2n) is 11.4. The Morgan fingerprint density at radius 1 is 0.674 bits per heavy atom. The first-order valence-electron chi connectivity index (χ1n) is 15.5. The van der Waals surface area contributed by atoms with Gasteiger partial charge in [-0.25, -0.2) is 0 Å². The molecule has 0 bridgehead atoms. The number of H-pyrrole nitrogens is 2. The number of ether oxygens (including phenoxy) is 1. The van der Waals surface area contributed by atoms with E-state index in [1.807, 2.05) is 52.1 Å². The highest BCUT2D eigenvalue weighted by atomic mass is 16.5. The van der Waals surface area contributed by atoms with Crippen molar-refractivity contribution >= 4 is 0 Å². The highest BCUT2D eigenvalue weighted by Crippen LogP contribution is 2.27. The maximum absolute atomic E-state index is 12.2. The molecule has 10 nitrogen and oxygen atoms in total. The van der Waals surface area contributed by atoms with Gasteiger partial charge in [0.15, 0.2) is 0 Å². The number of aromatic amines is 2. The van der Waals surface area contributed by atoms with Crippen molar-refractivity contribution in [1.29, 1.82) is 0 Å². The van der Waals surface area contributed by atoms with Gasteiger partial charge < -0.3 is 19.6 Å². The Balaban J connectivity index is 0.000000171. The molecule has 2 saturated heterocycles. The zero-order valence-corrected chi connectivity index (χ0v) is 25.1. The summed E-state index contributed by atoms with van der Waals surface area (Å²) in [5.41, 5.74) is 2.67. The predicted molar refractivity (Wildman–Crippen MR) is 170 cm³/mol. The quantitative estimate of drug-likeness (QED) is 0.268. The van der Waals surface area contributed by atoms with Crippen LogP contribution in [-0.4, -0.2) is 80.8 Å². The molecule has 0 aliphatic carbocycles. The van der Waals surface area contributed by atoms with Crippen molar-refractivity contribution in [2.75, 3.05) is 46.4 Å². The summed E-state index contributed by atoms with van der Waals surface area (Å²) in [6, 6.07) is 14.4. The van der Waals surface area contributed by atoms with E-state index in [1.165, 1.54) is 51.6 Å². The van der Waals surface area contributed by atoms with Crippen LogP contribution in [0.5, 0.6) is 11.5 Å². The lowest BCUT2D eigenvalue weighted by atomic mass is 10.1. The maximum atomic E-state index is 12.2.